The quantitative estimate of drug-likeness (QED) is 0.698. The lowest BCUT2D eigenvalue weighted by Gasteiger charge is -2.19. The van der Waals surface area contributed by atoms with E-state index in [4.69, 9.17) is 9.47 Å². The highest BCUT2D eigenvalue weighted by molar-refractivity contribution is 6.00. The van der Waals surface area contributed by atoms with Crippen LogP contribution in [0.1, 0.15) is 68.1 Å². The van der Waals surface area contributed by atoms with Gasteiger partial charge in [-0.25, -0.2) is 9.59 Å². The van der Waals surface area contributed by atoms with Crippen LogP contribution in [-0.4, -0.2) is 49.1 Å². The van der Waals surface area contributed by atoms with Gasteiger partial charge >= 0.3 is 11.9 Å². The predicted octanol–water partition coefficient (Wildman–Crippen LogP) is 2.73. The van der Waals surface area contributed by atoms with Gasteiger partial charge in [0.2, 0.25) is 0 Å². The van der Waals surface area contributed by atoms with E-state index in [1.807, 2.05) is 13.8 Å². The Bertz CT molecular complexity index is 947. The molecule has 1 heterocycles. The molecule has 2 atom stereocenters. The Morgan fingerprint density at radius 2 is 1.06 bits per heavy atom. The van der Waals surface area contributed by atoms with E-state index in [0.29, 0.717) is 24.0 Å². The van der Waals surface area contributed by atoms with Gasteiger partial charge in [0.1, 0.15) is 13.2 Å². The molecular formula is C24H26N2O6. The van der Waals surface area contributed by atoms with Gasteiger partial charge < -0.3 is 20.1 Å². The summed E-state index contributed by atoms with van der Waals surface area (Å²) in [4.78, 5) is 50.3. The molecular weight excluding hydrogens is 412 g/mol. The second kappa shape index (κ2) is 10.6. The Morgan fingerprint density at radius 3 is 1.47 bits per heavy atom. The monoisotopic (exact) mass is 438 g/mol. The largest absolute Gasteiger partial charge is 0.460 e. The van der Waals surface area contributed by atoms with Crippen LogP contribution in [0.25, 0.3) is 0 Å². The molecule has 32 heavy (non-hydrogen) atoms. The second-order valence-corrected chi connectivity index (χ2v) is 7.52. The van der Waals surface area contributed by atoms with Crippen LogP contribution < -0.4 is 10.6 Å². The number of esters is 2. The highest BCUT2D eigenvalue weighted by Gasteiger charge is 2.20. The predicted molar refractivity (Wildman–Crippen MR) is 117 cm³/mol. The zero-order chi connectivity index (χ0) is 23.1. The van der Waals surface area contributed by atoms with Gasteiger partial charge in [-0.15, -0.1) is 0 Å². The number of amides is 2. The fourth-order valence-electron chi connectivity index (χ4n) is 3.15. The molecule has 0 spiro atoms. The topological polar surface area (TPSA) is 111 Å². The summed E-state index contributed by atoms with van der Waals surface area (Å²) in [6.07, 6.45) is 1.06. The number of hydrogen-bond donors (Lipinski definition) is 2. The summed E-state index contributed by atoms with van der Waals surface area (Å²) in [5.74, 6) is -1.94. The van der Waals surface area contributed by atoms with E-state index < -0.39 is 24.0 Å². The van der Waals surface area contributed by atoms with Gasteiger partial charge in [0.25, 0.3) is 11.8 Å². The number of fused-ring (bicyclic) bond motifs is 4. The van der Waals surface area contributed by atoms with Gasteiger partial charge in [-0.05, 0) is 49.2 Å². The summed E-state index contributed by atoms with van der Waals surface area (Å²) in [6, 6.07) is 11.5. The standard InChI is InChI=1S/C24H26N2O6/c1-3-19-13-31-23(29)17-9-6-10-18(12-17)24(30)32-14-20(4-2)26-22(28)16-8-5-7-15(11-16)21(27)25-19/h5-12,19-20H,3-4,13-14H2,1-2H3,(H,25,27)(H,26,28)/t19-,20?/m1/s1. The lowest BCUT2D eigenvalue weighted by atomic mass is 10.1. The molecule has 1 aliphatic heterocycles. The van der Waals surface area contributed by atoms with E-state index in [2.05, 4.69) is 10.6 Å². The molecule has 0 aliphatic carbocycles. The number of benzene rings is 2. The average Bonchev–Trinajstić information content (AvgIpc) is 2.83. The lowest BCUT2D eigenvalue weighted by Crippen LogP contribution is -2.39. The first-order chi connectivity index (χ1) is 15.4. The van der Waals surface area contributed by atoms with Crippen molar-refractivity contribution in [1.82, 2.24) is 10.6 Å². The van der Waals surface area contributed by atoms with Crippen LogP contribution in [0.3, 0.4) is 0 Å². The highest BCUT2D eigenvalue weighted by atomic mass is 16.5. The molecule has 1 unspecified atom stereocenters. The second-order valence-electron chi connectivity index (χ2n) is 7.52. The summed E-state index contributed by atoms with van der Waals surface area (Å²) in [7, 11) is 0. The normalized spacial score (nSPS) is 20.2. The van der Waals surface area contributed by atoms with E-state index in [1.165, 1.54) is 24.3 Å². The number of cyclic esters (lactones) is 2. The molecule has 168 valence electrons. The van der Waals surface area contributed by atoms with Crippen LogP contribution in [0, 0.1) is 0 Å². The van der Waals surface area contributed by atoms with Crippen molar-refractivity contribution in [2.75, 3.05) is 13.2 Å². The number of ether oxygens (including phenoxy) is 2. The minimum Gasteiger partial charge on any atom is -0.460 e. The molecule has 0 saturated heterocycles. The van der Waals surface area contributed by atoms with Gasteiger partial charge in [0, 0.05) is 11.1 Å². The summed E-state index contributed by atoms with van der Waals surface area (Å²) in [5.41, 5.74) is 1.04. The maximum atomic E-state index is 12.7. The molecule has 0 radical (unpaired) electrons. The van der Waals surface area contributed by atoms with Gasteiger partial charge in [0.05, 0.1) is 23.2 Å². The third-order valence-electron chi connectivity index (χ3n) is 5.21. The fourth-order valence-corrected chi connectivity index (χ4v) is 3.15. The molecule has 0 saturated carbocycles. The van der Waals surface area contributed by atoms with Gasteiger partial charge in [-0.3, -0.25) is 9.59 Å². The zero-order valence-electron chi connectivity index (χ0n) is 18.1. The van der Waals surface area contributed by atoms with Crippen LogP contribution in [0.5, 0.6) is 0 Å². The maximum absolute atomic E-state index is 12.7. The molecule has 2 aromatic carbocycles. The third kappa shape index (κ3) is 5.72. The summed E-state index contributed by atoms with van der Waals surface area (Å²) < 4.78 is 10.7. The van der Waals surface area contributed by atoms with Crippen molar-refractivity contribution in [3.8, 4) is 0 Å². The van der Waals surface area contributed by atoms with Gasteiger partial charge in [-0.2, -0.15) is 0 Å². The first kappa shape index (κ1) is 23.0. The molecule has 1 aliphatic rings. The molecule has 8 nitrogen and oxygen atoms in total. The van der Waals surface area contributed by atoms with Gasteiger partial charge in [-0.1, -0.05) is 26.0 Å². The Morgan fingerprint density at radius 1 is 0.688 bits per heavy atom. The van der Waals surface area contributed by atoms with Gasteiger partial charge in [0.15, 0.2) is 0 Å². The minimum atomic E-state index is -0.603. The maximum Gasteiger partial charge on any atom is 0.338 e. The number of rotatable bonds is 2. The average molecular weight is 438 g/mol. The smallest absolute Gasteiger partial charge is 0.338 e. The van der Waals surface area contributed by atoms with Crippen LogP contribution in [0.15, 0.2) is 48.5 Å². The molecule has 4 bridgehead atoms. The number of carbonyl (C=O) groups is 4. The molecule has 2 N–H and O–H groups in total. The van der Waals surface area contributed by atoms with Crippen LogP contribution in [0.2, 0.25) is 0 Å². The summed E-state index contributed by atoms with van der Waals surface area (Å²) in [6.45, 7) is 3.65. The fraction of sp³-hybridized carbons (Fsp3) is 0.333. The number of nitrogens with one attached hydrogen (secondary N) is 2. The Balaban J connectivity index is 1.90. The van der Waals surface area contributed by atoms with E-state index in [9.17, 15) is 19.2 Å². The summed E-state index contributed by atoms with van der Waals surface area (Å²) >= 11 is 0. The van der Waals surface area contributed by atoms with Crippen LogP contribution >= 0.6 is 0 Å². The molecule has 8 heteroatoms. The van der Waals surface area contributed by atoms with E-state index in [0.717, 1.165) is 0 Å². The van der Waals surface area contributed by atoms with Crippen molar-refractivity contribution >= 4 is 23.8 Å². The van der Waals surface area contributed by atoms with Crippen molar-refractivity contribution < 1.29 is 28.7 Å². The van der Waals surface area contributed by atoms with Crippen LogP contribution in [-0.2, 0) is 9.47 Å². The Labute approximate surface area is 186 Å². The van der Waals surface area contributed by atoms with Crippen molar-refractivity contribution in [2.24, 2.45) is 0 Å². The van der Waals surface area contributed by atoms with E-state index in [-0.39, 0.29) is 36.2 Å². The first-order valence-electron chi connectivity index (χ1n) is 10.6. The lowest BCUT2D eigenvalue weighted by molar-refractivity contribution is 0.0449. The molecule has 2 aromatic rings. The molecule has 2 amide bonds. The van der Waals surface area contributed by atoms with E-state index in [1.54, 1.807) is 24.3 Å². The minimum absolute atomic E-state index is 0.0336. The third-order valence-corrected chi connectivity index (χ3v) is 5.21. The van der Waals surface area contributed by atoms with E-state index >= 15 is 0 Å². The Hall–Kier alpha value is -3.68. The van der Waals surface area contributed by atoms with Crippen LogP contribution in [0.4, 0.5) is 0 Å². The molecule has 3 rings (SSSR count). The van der Waals surface area contributed by atoms with Crippen molar-refractivity contribution in [3.05, 3.63) is 70.8 Å². The number of hydrogen-bond acceptors (Lipinski definition) is 6. The summed E-state index contributed by atoms with van der Waals surface area (Å²) in [5, 5.41) is 5.65. The van der Waals surface area contributed by atoms with Crippen molar-refractivity contribution in [1.29, 1.82) is 0 Å². The number of carbonyl (C=O) groups excluding carboxylic acids is 4. The molecule has 0 fully saturated rings. The zero-order valence-corrected chi connectivity index (χ0v) is 18.1. The highest BCUT2D eigenvalue weighted by Crippen LogP contribution is 2.12. The van der Waals surface area contributed by atoms with Crippen molar-refractivity contribution in [2.45, 2.75) is 38.8 Å². The Kier molecular flexibility index (Phi) is 7.59. The SMILES string of the molecule is CCC1COC(=O)c2cccc(c2)C(=O)OC[C@@H](CC)NC(=O)c2cccc(c2)C(=O)N1. The van der Waals surface area contributed by atoms with Crippen molar-refractivity contribution in [3.63, 3.8) is 0 Å². The molecule has 0 aromatic heterocycles. The first-order valence-corrected chi connectivity index (χ1v) is 10.6.